The summed E-state index contributed by atoms with van der Waals surface area (Å²) in [6.45, 7) is 10.4. The van der Waals surface area contributed by atoms with E-state index in [-0.39, 0.29) is 5.91 Å². The Morgan fingerprint density at radius 1 is 1.50 bits per heavy atom. The van der Waals surface area contributed by atoms with E-state index in [1.807, 2.05) is 12.3 Å². The maximum Gasteiger partial charge on any atom is 0.244 e. The number of nitrogens with one attached hydrogen (secondary N) is 1. The van der Waals surface area contributed by atoms with Gasteiger partial charge in [0.15, 0.2) is 0 Å². The first-order chi connectivity index (χ1) is 10.6. The van der Waals surface area contributed by atoms with Crippen LogP contribution in [0.25, 0.3) is 6.08 Å². The number of hydrogen-bond donors (Lipinski definition) is 1. The third-order valence-corrected chi connectivity index (χ3v) is 4.60. The summed E-state index contributed by atoms with van der Waals surface area (Å²) in [5.41, 5.74) is 0.839. The van der Waals surface area contributed by atoms with Crippen LogP contribution in [-0.4, -0.2) is 54.7 Å². The van der Waals surface area contributed by atoms with Crippen LogP contribution in [-0.2, 0) is 9.53 Å². The number of rotatable bonds is 6. The molecule has 1 atom stereocenters. The van der Waals surface area contributed by atoms with Gasteiger partial charge in [-0.25, -0.2) is 4.98 Å². The molecule has 5 nitrogen and oxygen atoms in total. The smallest absolute Gasteiger partial charge is 0.244 e. The Hall–Kier alpha value is -1.24. The number of amides is 1. The highest BCUT2D eigenvalue weighted by Crippen LogP contribution is 2.12. The van der Waals surface area contributed by atoms with E-state index in [9.17, 15) is 4.79 Å². The molecule has 0 spiro atoms. The molecule has 22 heavy (non-hydrogen) atoms. The van der Waals surface area contributed by atoms with Crippen molar-refractivity contribution in [3.63, 3.8) is 0 Å². The number of nitrogens with zero attached hydrogens (tertiary/aromatic N) is 2. The Bertz CT molecular complexity index is 507. The molecule has 2 rings (SSSR count). The van der Waals surface area contributed by atoms with Gasteiger partial charge < -0.3 is 10.1 Å². The van der Waals surface area contributed by atoms with Crippen molar-refractivity contribution in [1.82, 2.24) is 15.2 Å². The van der Waals surface area contributed by atoms with Gasteiger partial charge in [0, 0.05) is 37.1 Å². The van der Waals surface area contributed by atoms with E-state index < -0.39 is 0 Å². The van der Waals surface area contributed by atoms with Crippen LogP contribution in [0.3, 0.4) is 0 Å². The van der Waals surface area contributed by atoms with Crippen LogP contribution < -0.4 is 5.32 Å². The van der Waals surface area contributed by atoms with Crippen LogP contribution in [0.15, 0.2) is 11.5 Å². The minimum absolute atomic E-state index is 0.0652. The molecule has 1 aliphatic heterocycles. The lowest BCUT2D eigenvalue weighted by molar-refractivity contribution is -0.116. The topological polar surface area (TPSA) is 54.5 Å². The highest BCUT2D eigenvalue weighted by molar-refractivity contribution is 7.09. The van der Waals surface area contributed by atoms with Gasteiger partial charge >= 0.3 is 0 Å². The molecular weight excluding hydrogens is 298 g/mol. The summed E-state index contributed by atoms with van der Waals surface area (Å²) < 4.78 is 5.40. The van der Waals surface area contributed by atoms with Crippen LogP contribution in [0.4, 0.5) is 0 Å². The molecule has 1 amide bonds. The maximum absolute atomic E-state index is 12.0. The monoisotopic (exact) mass is 323 g/mol. The summed E-state index contributed by atoms with van der Waals surface area (Å²) in [6, 6.07) is 0.350. The Labute approximate surface area is 136 Å². The molecular formula is C16H25N3O2S. The van der Waals surface area contributed by atoms with Gasteiger partial charge in [0.1, 0.15) is 0 Å². The minimum atomic E-state index is -0.0652. The average Bonchev–Trinajstić information content (AvgIpc) is 2.92. The third-order valence-electron chi connectivity index (χ3n) is 3.81. The van der Waals surface area contributed by atoms with Crippen molar-refractivity contribution in [1.29, 1.82) is 0 Å². The fourth-order valence-electron chi connectivity index (χ4n) is 2.58. The number of ether oxygens (including phenoxy) is 1. The highest BCUT2D eigenvalue weighted by atomic mass is 32.1. The molecule has 0 bridgehead atoms. The molecule has 1 aliphatic rings. The summed E-state index contributed by atoms with van der Waals surface area (Å²) in [6.07, 6.45) is 3.32. The predicted octanol–water partition coefficient (Wildman–Crippen LogP) is 1.94. The summed E-state index contributed by atoms with van der Waals surface area (Å²) in [5.74, 6) is 0.424. The molecule has 122 valence electrons. The van der Waals surface area contributed by atoms with E-state index in [0.717, 1.165) is 37.0 Å². The molecule has 0 aliphatic carbocycles. The standard InChI is InChI=1S/C16H25N3O2S/c1-12(2)15(19-6-8-21-9-7-19)10-17-16(20)5-4-14-11-22-13(3)18-14/h4-5,11-12,15H,6-10H2,1-3H3,(H,17,20). The van der Waals surface area contributed by atoms with Crippen LogP contribution >= 0.6 is 11.3 Å². The Kier molecular flexibility index (Phi) is 6.54. The maximum atomic E-state index is 12.0. The number of aryl methyl sites for hydroxylation is 1. The molecule has 1 aromatic heterocycles. The second-order valence-corrected chi connectivity index (χ2v) is 6.89. The first kappa shape index (κ1) is 17.1. The Morgan fingerprint density at radius 3 is 2.82 bits per heavy atom. The van der Waals surface area contributed by atoms with E-state index in [0.29, 0.717) is 18.5 Å². The third kappa shape index (κ3) is 5.19. The zero-order chi connectivity index (χ0) is 15.9. The number of carbonyl (C=O) groups is 1. The van der Waals surface area contributed by atoms with Crippen molar-refractivity contribution in [2.45, 2.75) is 26.8 Å². The van der Waals surface area contributed by atoms with E-state index >= 15 is 0 Å². The summed E-state index contributed by atoms with van der Waals surface area (Å²) in [5, 5.41) is 5.96. The van der Waals surface area contributed by atoms with Gasteiger partial charge in [0.25, 0.3) is 0 Å². The Morgan fingerprint density at radius 2 is 2.23 bits per heavy atom. The number of thiazole rings is 1. The number of aromatic nitrogens is 1. The van der Waals surface area contributed by atoms with E-state index in [1.54, 1.807) is 23.5 Å². The van der Waals surface area contributed by atoms with E-state index in [2.05, 4.69) is 29.0 Å². The first-order valence-electron chi connectivity index (χ1n) is 7.76. The molecule has 6 heteroatoms. The van der Waals surface area contributed by atoms with Crippen LogP contribution in [0.2, 0.25) is 0 Å². The quantitative estimate of drug-likeness (QED) is 0.813. The second-order valence-electron chi connectivity index (χ2n) is 5.83. The molecule has 2 heterocycles. The van der Waals surface area contributed by atoms with Crippen LogP contribution in [0.5, 0.6) is 0 Å². The zero-order valence-corrected chi connectivity index (χ0v) is 14.4. The van der Waals surface area contributed by atoms with Crippen molar-refractivity contribution < 1.29 is 9.53 Å². The van der Waals surface area contributed by atoms with Crippen molar-refractivity contribution >= 4 is 23.3 Å². The molecule has 0 aromatic carbocycles. The van der Waals surface area contributed by atoms with Crippen molar-refractivity contribution in [3.05, 3.63) is 22.2 Å². The number of carbonyl (C=O) groups excluding carboxylic acids is 1. The largest absolute Gasteiger partial charge is 0.379 e. The van der Waals surface area contributed by atoms with Gasteiger partial charge in [-0.3, -0.25) is 9.69 Å². The van der Waals surface area contributed by atoms with Crippen molar-refractivity contribution in [2.24, 2.45) is 5.92 Å². The van der Waals surface area contributed by atoms with Gasteiger partial charge in [-0.1, -0.05) is 13.8 Å². The predicted molar refractivity (Wildman–Crippen MR) is 89.9 cm³/mol. The van der Waals surface area contributed by atoms with Crippen LogP contribution in [0.1, 0.15) is 24.5 Å². The minimum Gasteiger partial charge on any atom is -0.379 e. The lowest BCUT2D eigenvalue weighted by atomic mass is 10.0. The zero-order valence-electron chi connectivity index (χ0n) is 13.5. The second kappa shape index (κ2) is 8.41. The molecule has 1 saturated heterocycles. The average molecular weight is 323 g/mol. The SMILES string of the molecule is Cc1nc(C=CC(=O)NCC(C(C)C)N2CCOCC2)cs1. The summed E-state index contributed by atoms with van der Waals surface area (Å²) >= 11 is 1.58. The molecule has 0 saturated carbocycles. The fourth-order valence-corrected chi connectivity index (χ4v) is 3.16. The summed E-state index contributed by atoms with van der Waals surface area (Å²) in [7, 11) is 0. The normalized spacial score (nSPS) is 18.0. The first-order valence-corrected chi connectivity index (χ1v) is 8.64. The lowest BCUT2D eigenvalue weighted by Crippen LogP contribution is -2.51. The van der Waals surface area contributed by atoms with Crippen molar-refractivity contribution in [2.75, 3.05) is 32.8 Å². The lowest BCUT2D eigenvalue weighted by Gasteiger charge is -2.36. The molecule has 1 fully saturated rings. The van der Waals surface area contributed by atoms with E-state index in [4.69, 9.17) is 4.74 Å². The van der Waals surface area contributed by atoms with Gasteiger partial charge in [-0.05, 0) is 18.9 Å². The highest BCUT2D eigenvalue weighted by Gasteiger charge is 2.23. The van der Waals surface area contributed by atoms with Crippen LogP contribution in [0, 0.1) is 12.8 Å². The van der Waals surface area contributed by atoms with E-state index in [1.165, 1.54) is 0 Å². The van der Waals surface area contributed by atoms with Crippen molar-refractivity contribution in [3.8, 4) is 0 Å². The molecule has 1 unspecified atom stereocenters. The van der Waals surface area contributed by atoms with Gasteiger partial charge in [-0.2, -0.15) is 0 Å². The molecule has 0 radical (unpaired) electrons. The van der Waals surface area contributed by atoms with Gasteiger partial charge in [0.05, 0.1) is 23.9 Å². The fraction of sp³-hybridized carbons (Fsp3) is 0.625. The molecule has 1 N–H and O–H groups in total. The number of hydrogen-bond acceptors (Lipinski definition) is 5. The van der Waals surface area contributed by atoms with Gasteiger partial charge in [-0.15, -0.1) is 11.3 Å². The Balaban J connectivity index is 1.83. The number of morpholine rings is 1. The molecule has 1 aromatic rings. The van der Waals surface area contributed by atoms with Gasteiger partial charge in [0.2, 0.25) is 5.91 Å². The summed E-state index contributed by atoms with van der Waals surface area (Å²) in [4.78, 5) is 18.7.